The van der Waals surface area contributed by atoms with Crippen molar-refractivity contribution in [2.24, 2.45) is 0 Å². The van der Waals surface area contributed by atoms with Gasteiger partial charge in [-0.1, -0.05) is 15.9 Å². The second-order valence-corrected chi connectivity index (χ2v) is 7.24. The van der Waals surface area contributed by atoms with Crippen LogP contribution in [-0.2, 0) is 22.3 Å². The van der Waals surface area contributed by atoms with Gasteiger partial charge in [-0.25, -0.2) is 4.98 Å². The Bertz CT molecular complexity index is 1210. The van der Waals surface area contributed by atoms with Crippen LogP contribution in [0.3, 0.4) is 0 Å². The number of fused-ring (bicyclic) bond motifs is 1. The number of halogens is 4. The summed E-state index contributed by atoms with van der Waals surface area (Å²) in [6.07, 6.45) is -3.46. The zero-order chi connectivity index (χ0) is 22.1. The fraction of sp³-hybridized carbons (Fsp3) is 0.158. The standard InChI is InChI=1S/C19H14BrF3N4O3/c1-10(28)25-15-4-2-11(19(21,22)23)6-16(15)26-17(29)8-27-9-24-14-5-3-12(20)7-13(14)18(27)30/h2-7,9H,8H2,1H3,(H,25,28)(H,26,29). The number of benzene rings is 2. The van der Waals surface area contributed by atoms with Crippen LogP contribution >= 0.6 is 15.9 Å². The molecule has 0 aliphatic rings. The van der Waals surface area contributed by atoms with Gasteiger partial charge in [-0.15, -0.1) is 0 Å². The van der Waals surface area contributed by atoms with E-state index in [-0.39, 0.29) is 16.8 Å². The Morgan fingerprint density at radius 2 is 1.83 bits per heavy atom. The monoisotopic (exact) mass is 482 g/mol. The molecule has 2 aromatic carbocycles. The summed E-state index contributed by atoms with van der Waals surface area (Å²) in [5.41, 5.74) is -1.29. The van der Waals surface area contributed by atoms with Crippen molar-refractivity contribution in [1.29, 1.82) is 0 Å². The summed E-state index contributed by atoms with van der Waals surface area (Å²) < 4.78 is 40.8. The number of hydrogen-bond donors (Lipinski definition) is 2. The molecule has 0 radical (unpaired) electrons. The van der Waals surface area contributed by atoms with E-state index < -0.39 is 35.7 Å². The molecule has 30 heavy (non-hydrogen) atoms. The van der Waals surface area contributed by atoms with Crippen LogP contribution in [0.15, 0.2) is 52.0 Å². The molecular formula is C19H14BrF3N4O3. The van der Waals surface area contributed by atoms with E-state index >= 15 is 0 Å². The van der Waals surface area contributed by atoms with Gasteiger partial charge in [0, 0.05) is 11.4 Å². The van der Waals surface area contributed by atoms with Crippen LogP contribution in [0.25, 0.3) is 10.9 Å². The lowest BCUT2D eigenvalue weighted by molar-refractivity contribution is -0.137. The smallest absolute Gasteiger partial charge is 0.325 e. The Kier molecular flexibility index (Phi) is 5.92. The van der Waals surface area contributed by atoms with E-state index in [4.69, 9.17) is 0 Å². The Morgan fingerprint density at radius 1 is 1.10 bits per heavy atom. The molecule has 3 aromatic rings. The van der Waals surface area contributed by atoms with Gasteiger partial charge in [0.25, 0.3) is 5.56 Å². The number of rotatable bonds is 4. The van der Waals surface area contributed by atoms with E-state index in [2.05, 4.69) is 31.5 Å². The van der Waals surface area contributed by atoms with Gasteiger partial charge in [-0.2, -0.15) is 13.2 Å². The van der Waals surface area contributed by atoms with Crippen LogP contribution < -0.4 is 16.2 Å². The molecule has 0 saturated carbocycles. The summed E-state index contributed by atoms with van der Waals surface area (Å²) in [6.45, 7) is 0.700. The molecule has 0 bridgehead atoms. The average molecular weight is 483 g/mol. The largest absolute Gasteiger partial charge is 0.416 e. The molecule has 0 saturated heterocycles. The number of nitrogens with one attached hydrogen (secondary N) is 2. The van der Waals surface area contributed by atoms with Crippen molar-refractivity contribution >= 4 is 50.0 Å². The van der Waals surface area contributed by atoms with E-state index in [0.29, 0.717) is 16.1 Å². The molecule has 0 fully saturated rings. The van der Waals surface area contributed by atoms with E-state index in [1.54, 1.807) is 18.2 Å². The minimum atomic E-state index is -4.64. The number of anilines is 2. The highest BCUT2D eigenvalue weighted by Gasteiger charge is 2.31. The Hall–Kier alpha value is -3.21. The molecule has 0 spiro atoms. The third-order valence-corrected chi connectivity index (χ3v) is 4.52. The third-order valence-electron chi connectivity index (χ3n) is 4.03. The molecule has 0 aliphatic heterocycles. The van der Waals surface area contributed by atoms with Crippen molar-refractivity contribution in [2.75, 3.05) is 10.6 Å². The van der Waals surface area contributed by atoms with Gasteiger partial charge in [0.1, 0.15) is 6.54 Å². The van der Waals surface area contributed by atoms with Gasteiger partial charge in [-0.3, -0.25) is 19.0 Å². The van der Waals surface area contributed by atoms with Crippen LogP contribution in [0, 0.1) is 0 Å². The van der Waals surface area contributed by atoms with Crippen molar-refractivity contribution in [3.8, 4) is 0 Å². The average Bonchev–Trinajstić information content (AvgIpc) is 2.64. The van der Waals surface area contributed by atoms with E-state index in [1.165, 1.54) is 13.3 Å². The lowest BCUT2D eigenvalue weighted by atomic mass is 10.1. The lowest BCUT2D eigenvalue weighted by Crippen LogP contribution is -2.28. The molecular weight excluding hydrogens is 469 g/mol. The van der Waals surface area contributed by atoms with Crippen molar-refractivity contribution in [3.05, 3.63) is 63.1 Å². The quantitative estimate of drug-likeness (QED) is 0.591. The van der Waals surface area contributed by atoms with Gasteiger partial charge in [0.2, 0.25) is 11.8 Å². The van der Waals surface area contributed by atoms with Crippen LogP contribution in [0.2, 0.25) is 0 Å². The summed E-state index contributed by atoms with van der Waals surface area (Å²) >= 11 is 3.25. The Balaban J connectivity index is 1.90. The molecule has 7 nitrogen and oxygen atoms in total. The van der Waals surface area contributed by atoms with Gasteiger partial charge < -0.3 is 10.6 Å². The van der Waals surface area contributed by atoms with Gasteiger partial charge in [0.15, 0.2) is 0 Å². The summed E-state index contributed by atoms with van der Waals surface area (Å²) in [7, 11) is 0. The van der Waals surface area contributed by atoms with Crippen LogP contribution in [0.5, 0.6) is 0 Å². The number of hydrogen-bond acceptors (Lipinski definition) is 4. The molecule has 0 aliphatic carbocycles. The predicted molar refractivity (Wildman–Crippen MR) is 108 cm³/mol. The first kappa shape index (κ1) is 21.5. The van der Waals surface area contributed by atoms with Crippen LogP contribution in [0.1, 0.15) is 12.5 Å². The topological polar surface area (TPSA) is 93.1 Å². The van der Waals surface area contributed by atoms with Gasteiger partial charge in [0.05, 0.1) is 34.2 Å². The summed E-state index contributed by atoms with van der Waals surface area (Å²) in [5.74, 6) is -1.29. The second kappa shape index (κ2) is 8.27. The molecule has 11 heteroatoms. The minimum absolute atomic E-state index is 0.00300. The van der Waals surface area contributed by atoms with E-state index in [1.807, 2.05) is 0 Å². The molecule has 0 atom stereocenters. The number of amides is 2. The number of alkyl halides is 3. The highest BCUT2D eigenvalue weighted by atomic mass is 79.9. The van der Waals surface area contributed by atoms with Crippen LogP contribution in [-0.4, -0.2) is 21.4 Å². The molecule has 3 rings (SSSR count). The first-order chi connectivity index (χ1) is 14.0. The van der Waals surface area contributed by atoms with Crippen molar-refractivity contribution in [2.45, 2.75) is 19.6 Å². The van der Waals surface area contributed by atoms with Crippen molar-refractivity contribution in [1.82, 2.24) is 9.55 Å². The Labute approximate surface area is 176 Å². The normalized spacial score (nSPS) is 11.4. The van der Waals surface area contributed by atoms with Crippen molar-refractivity contribution < 1.29 is 22.8 Å². The zero-order valence-electron chi connectivity index (χ0n) is 15.4. The molecule has 2 amide bonds. The number of carbonyl (C=O) groups is 2. The molecule has 1 aromatic heterocycles. The highest BCUT2D eigenvalue weighted by Crippen LogP contribution is 2.34. The molecule has 1 heterocycles. The third kappa shape index (κ3) is 4.85. The summed E-state index contributed by atoms with van der Waals surface area (Å²) in [5, 5.41) is 4.94. The maximum atomic E-state index is 13.0. The highest BCUT2D eigenvalue weighted by molar-refractivity contribution is 9.10. The van der Waals surface area contributed by atoms with E-state index in [0.717, 1.165) is 16.7 Å². The first-order valence-electron chi connectivity index (χ1n) is 8.48. The molecule has 2 N–H and O–H groups in total. The second-order valence-electron chi connectivity index (χ2n) is 6.33. The van der Waals surface area contributed by atoms with Crippen molar-refractivity contribution in [3.63, 3.8) is 0 Å². The molecule has 0 unspecified atom stereocenters. The van der Waals surface area contributed by atoms with E-state index in [9.17, 15) is 27.6 Å². The van der Waals surface area contributed by atoms with Gasteiger partial charge in [-0.05, 0) is 36.4 Å². The lowest BCUT2D eigenvalue weighted by Gasteiger charge is -2.15. The minimum Gasteiger partial charge on any atom is -0.325 e. The fourth-order valence-electron chi connectivity index (χ4n) is 2.71. The summed E-state index contributed by atoms with van der Waals surface area (Å²) in [6, 6.07) is 7.44. The SMILES string of the molecule is CC(=O)Nc1ccc(C(F)(F)F)cc1NC(=O)Cn1cnc2ccc(Br)cc2c1=O. The fourth-order valence-corrected chi connectivity index (χ4v) is 3.07. The first-order valence-corrected chi connectivity index (χ1v) is 9.27. The maximum absolute atomic E-state index is 13.0. The summed E-state index contributed by atoms with van der Waals surface area (Å²) in [4.78, 5) is 40.4. The van der Waals surface area contributed by atoms with Crippen LogP contribution in [0.4, 0.5) is 24.5 Å². The number of carbonyl (C=O) groups excluding carboxylic acids is 2. The zero-order valence-corrected chi connectivity index (χ0v) is 17.0. The number of aromatic nitrogens is 2. The Morgan fingerprint density at radius 3 is 2.50 bits per heavy atom. The van der Waals surface area contributed by atoms with Gasteiger partial charge >= 0.3 is 6.18 Å². The number of nitrogens with zero attached hydrogens (tertiary/aromatic N) is 2. The predicted octanol–water partition coefficient (Wildman–Crippen LogP) is 3.77. The maximum Gasteiger partial charge on any atom is 0.416 e. The molecule has 156 valence electrons.